The van der Waals surface area contributed by atoms with E-state index in [0.717, 1.165) is 5.57 Å². The van der Waals surface area contributed by atoms with Gasteiger partial charge in [-0.1, -0.05) is 12.7 Å². The minimum Gasteiger partial charge on any atom is -0.258 e. The molecule has 0 aliphatic heterocycles. The number of hydrogen-bond donors (Lipinski definition) is 0. The topological polar surface area (TPSA) is 55.5 Å². The van der Waals surface area contributed by atoms with Crippen molar-refractivity contribution in [3.8, 4) is 0 Å². The van der Waals surface area contributed by atoms with Crippen molar-refractivity contribution < 1.29 is 4.92 Å². The van der Waals surface area contributed by atoms with E-state index in [4.69, 9.17) is 0 Å². The fraction of sp³-hybridized carbons (Fsp3) is 0.300. The van der Waals surface area contributed by atoms with Crippen molar-refractivity contribution >= 4 is 6.21 Å². The molecule has 0 aliphatic rings. The average Bonchev–Trinajstić information content (AvgIpc) is 2.10. The smallest absolute Gasteiger partial charge is 0.258 e. The molecule has 4 heteroatoms. The molecule has 0 aliphatic carbocycles. The van der Waals surface area contributed by atoms with Crippen molar-refractivity contribution in [3.63, 3.8) is 0 Å². The van der Waals surface area contributed by atoms with Gasteiger partial charge in [-0.25, -0.2) is 0 Å². The van der Waals surface area contributed by atoms with Crippen LogP contribution in [0.1, 0.15) is 20.8 Å². The molecule has 76 valence electrons. The zero-order valence-corrected chi connectivity index (χ0v) is 8.65. The van der Waals surface area contributed by atoms with E-state index in [2.05, 4.69) is 11.6 Å². The number of rotatable bonds is 4. The Morgan fingerprint density at radius 2 is 2.07 bits per heavy atom. The highest BCUT2D eigenvalue weighted by Gasteiger charge is 2.16. The van der Waals surface area contributed by atoms with Gasteiger partial charge in [-0.3, -0.25) is 15.1 Å². The lowest BCUT2D eigenvalue weighted by atomic mass is 10.2. The SMILES string of the molecule is C=C/C=C(\C(/N=C\C)=C(C)C)[N+](=O)[O-]. The second kappa shape index (κ2) is 5.85. The molecule has 0 rings (SSSR count). The molecule has 14 heavy (non-hydrogen) atoms. The van der Waals surface area contributed by atoms with Gasteiger partial charge in [-0.05, 0) is 26.3 Å². The summed E-state index contributed by atoms with van der Waals surface area (Å²) in [7, 11) is 0. The van der Waals surface area contributed by atoms with Crippen LogP contribution in [0.3, 0.4) is 0 Å². The summed E-state index contributed by atoms with van der Waals surface area (Å²) >= 11 is 0. The summed E-state index contributed by atoms with van der Waals surface area (Å²) in [6.45, 7) is 8.71. The lowest BCUT2D eigenvalue weighted by Crippen LogP contribution is -2.02. The summed E-state index contributed by atoms with van der Waals surface area (Å²) in [4.78, 5) is 14.2. The largest absolute Gasteiger partial charge is 0.294 e. The van der Waals surface area contributed by atoms with Gasteiger partial charge in [0.05, 0.1) is 4.92 Å². The van der Waals surface area contributed by atoms with Crippen molar-refractivity contribution in [3.05, 3.63) is 45.8 Å². The third-order valence-electron chi connectivity index (χ3n) is 1.45. The number of nitro groups is 1. The molecule has 0 saturated heterocycles. The van der Waals surface area contributed by atoms with Gasteiger partial charge in [0.15, 0.2) is 0 Å². The van der Waals surface area contributed by atoms with Crippen LogP contribution in [-0.2, 0) is 0 Å². The molecule has 0 heterocycles. The van der Waals surface area contributed by atoms with Crippen LogP contribution in [-0.4, -0.2) is 11.1 Å². The fourth-order valence-electron chi connectivity index (χ4n) is 0.918. The van der Waals surface area contributed by atoms with Crippen molar-refractivity contribution in [2.24, 2.45) is 4.99 Å². The van der Waals surface area contributed by atoms with Crippen LogP contribution >= 0.6 is 0 Å². The molecular formula is C10H14N2O2. The van der Waals surface area contributed by atoms with Crippen LogP contribution in [0.5, 0.6) is 0 Å². The van der Waals surface area contributed by atoms with Crippen LogP contribution in [0.4, 0.5) is 0 Å². The Bertz CT molecular complexity index is 321. The zero-order valence-electron chi connectivity index (χ0n) is 8.65. The van der Waals surface area contributed by atoms with E-state index in [1.54, 1.807) is 20.8 Å². The van der Waals surface area contributed by atoms with E-state index < -0.39 is 4.92 Å². The number of allylic oxidation sites excluding steroid dienone is 3. The molecule has 0 radical (unpaired) electrons. The van der Waals surface area contributed by atoms with E-state index in [-0.39, 0.29) is 5.70 Å². The molecule has 0 aromatic rings. The average molecular weight is 194 g/mol. The molecule has 4 nitrogen and oxygen atoms in total. The van der Waals surface area contributed by atoms with Gasteiger partial charge in [0.1, 0.15) is 5.70 Å². The predicted octanol–water partition coefficient (Wildman–Crippen LogP) is 2.72. The van der Waals surface area contributed by atoms with E-state index in [1.807, 2.05) is 0 Å². The summed E-state index contributed by atoms with van der Waals surface area (Å²) in [5, 5.41) is 10.7. The molecule has 0 fully saturated rings. The number of aliphatic imine (C=N–C) groups is 1. The second-order valence-electron chi connectivity index (χ2n) is 2.78. The Morgan fingerprint density at radius 1 is 1.50 bits per heavy atom. The molecular weight excluding hydrogens is 180 g/mol. The van der Waals surface area contributed by atoms with Crippen LogP contribution < -0.4 is 0 Å². The van der Waals surface area contributed by atoms with Crippen molar-refractivity contribution in [2.45, 2.75) is 20.8 Å². The Kier molecular flexibility index (Phi) is 5.14. The maximum atomic E-state index is 10.7. The Labute approximate surface area is 83.5 Å². The maximum Gasteiger partial charge on any atom is 0.294 e. The molecule has 0 saturated carbocycles. The Balaban J connectivity index is 5.38. The first-order valence-corrected chi connectivity index (χ1v) is 4.18. The van der Waals surface area contributed by atoms with Gasteiger partial charge in [0, 0.05) is 12.3 Å². The van der Waals surface area contributed by atoms with E-state index in [0.29, 0.717) is 5.70 Å². The summed E-state index contributed by atoms with van der Waals surface area (Å²) in [6.07, 6.45) is 4.25. The molecule has 0 bridgehead atoms. The third-order valence-corrected chi connectivity index (χ3v) is 1.45. The van der Waals surface area contributed by atoms with Gasteiger partial charge >= 0.3 is 0 Å². The highest BCUT2D eigenvalue weighted by Crippen LogP contribution is 2.16. The molecule has 0 amide bonds. The van der Waals surface area contributed by atoms with Crippen molar-refractivity contribution in [1.82, 2.24) is 0 Å². The minimum atomic E-state index is -0.461. The molecule has 0 aromatic carbocycles. The summed E-state index contributed by atoms with van der Waals surface area (Å²) in [5.41, 5.74) is 1.16. The minimum absolute atomic E-state index is 0.0295. The van der Waals surface area contributed by atoms with Gasteiger partial charge in [-0.2, -0.15) is 0 Å². The molecule has 0 spiro atoms. The highest BCUT2D eigenvalue weighted by molar-refractivity contribution is 5.57. The monoisotopic (exact) mass is 194 g/mol. The van der Waals surface area contributed by atoms with Crippen LogP contribution in [0, 0.1) is 10.1 Å². The molecule has 0 aromatic heterocycles. The van der Waals surface area contributed by atoms with Crippen molar-refractivity contribution in [1.29, 1.82) is 0 Å². The van der Waals surface area contributed by atoms with Gasteiger partial charge in [-0.15, -0.1) is 0 Å². The second-order valence-corrected chi connectivity index (χ2v) is 2.78. The lowest BCUT2D eigenvalue weighted by Gasteiger charge is -2.00. The maximum absolute atomic E-state index is 10.7. The first kappa shape index (κ1) is 12.3. The third kappa shape index (κ3) is 3.35. The van der Waals surface area contributed by atoms with E-state index in [1.165, 1.54) is 18.4 Å². The molecule has 0 unspecified atom stereocenters. The first-order valence-electron chi connectivity index (χ1n) is 4.18. The van der Waals surface area contributed by atoms with E-state index in [9.17, 15) is 10.1 Å². The van der Waals surface area contributed by atoms with Crippen LogP contribution in [0.25, 0.3) is 0 Å². The Morgan fingerprint density at radius 3 is 2.36 bits per heavy atom. The fourth-order valence-corrected chi connectivity index (χ4v) is 0.918. The van der Waals surface area contributed by atoms with E-state index >= 15 is 0 Å². The summed E-state index contributed by atoms with van der Waals surface area (Å²) in [6, 6.07) is 0. The normalized spacial score (nSPS) is 11.5. The van der Waals surface area contributed by atoms with Crippen LogP contribution in [0.15, 0.2) is 40.7 Å². The van der Waals surface area contributed by atoms with Gasteiger partial charge in [0.25, 0.3) is 5.70 Å². The highest BCUT2D eigenvalue weighted by atomic mass is 16.6. The van der Waals surface area contributed by atoms with Crippen molar-refractivity contribution in [2.75, 3.05) is 0 Å². The van der Waals surface area contributed by atoms with Gasteiger partial charge in [0.2, 0.25) is 0 Å². The first-order chi connectivity index (χ1) is 6.54. The molecule has 0 N–H and O–H groups in total. The number of nitrogens with zero attached hydrogens (tertiary/aromatic N) is 2. The lowest BCUT2D eigenvalue weighted by molar-refractivity contribution is -0.420. The van der Waals surface area contributed by atoms with Gasteiger partial charge < -0.3 is 0 Å². The standard InChI is InChI=1S/C10H14N2O2/c1-5-7-9(12(13)14)10(8(3)4)11-6-2/h5-7H,1H2,2-4H3/b9-7+,11-6-. The summed E-state index contributed by atoms with van der Waals surface area (Å²) < 4.78 is 0. The molecule has 0 atom stereocenters. The zero-order chi connectivity index (χ0) is 11.1. The quantitative estimate of drug-likeness (QED) is 0.299. The number of hydrogen-bond acceptors (Lipinski definition) is 3. The van der Waals surface area contributed by atoms with Crippen LogP contribution in [0.2, 0.25) is 0 Å². The predicted molar refractivity (Wildman–Crippen MR) is 57.8 cm³/mol. The Hall–Kier alpha value is -1.71. The summed E-state index contributed by atoms with van der Waals surface area (Å²) in [5.74, 6) is 0.